The Morgan fingerprint density at radius 1 is 0.950 bits per heavy atom. The van der Waals surface area contributed by atoms with Crippen LogP contribution in [0.1, 0.15) is 106 Å². The standard InChI is InChI=1S/C34H55N2O3.Y/c1-21(2)22-12-17-34(29(39)36-20-24(35-8)28(37)38)19-18-32(6)23(27(22)34)10-11-26-31(5)15-9-14-30(3,4)25(31)13-16-33(26,32)7;/h14,22-27,35H,1,9-13,15-20H2,2-8H3,(H,36,39)(H,37,38);/q-1;. The predicted molar refractivity (Wildman–Crippen MR) is 157 cm³/mol. The molecule has 5 fully saturated rings. The largest absolute Gasteiger partial charge is 0.480 e. The summed E-state index contributed by atoms with van der Waals surface area (Å²) < 4.78 is 0. The van der Waals surface area contributed by atoms with Crippen LogP contribution in [0.25, 0.3) is 0 Å². The molecule has 5 rings (SSSR count). The fourth-order valence-electron chi connectivity index (χ4n) is 12.1. The molecule has 0 saturated heterocycles. The van der Waals surface area contributed by atoms with Gasteiger partial charge in [0.15, 0.2) is 0 Å². The number of hydrogen-bond donors (Lipinski definition) is 3. The van der Waals surface area contributed by atoms with E-state index >= 15 is 0 Å². The monoisotopic (exact) mass is 628 g/mol. The van der Waals surface area contributed by atoms with Crippen LogP contribution >= 0.6 is 0 Å². The van der Waals surface area contributed by atoms with Gasteiger partial charge in [0.1, 0.15) is 6.04 Å². The zero-order valence-electron chi connectivity index (χ0n) is 26.4. The molecule has 5 aliphatic rings. The smallest absolute Gasteiger partial charge is 0.322 e. The Bertz CT molecular complexity index is 1030. The number of carboxylic acids is 1. The summed E-state index contributed by atoms with van der Waals surface area (Å²) in [6.45, 7) is 19.6. The molecule has 5 saturated carbocycles. The maximum atomic E-state index is 14.1. The van der Waals surface area contributed by atoms with Gasteiger partial charge in [-0.1, -0.05) is 65.5 Å². The van der Waals surface area contributed by atoms with Crippen molar-refractivity contribution in [1.82, 2.24) is 10.6 Å². The normalized spacial score (nSPS) is 45.9. The Morgan fingerprint density at radius 3 is 2.27 bits per heavy atom. The minimum atomic E-state index is -0.923. The molecule has 10 unspecified atom stereocenters. The second kappa shape index (κ2) is 11.0. The van der Waals surface area contributed by atoms with Gasteiger partial charge in [-0.2, -0.15) is 11.8 Å². The quantitative estimate of drug-likeness (QED) is 0.228. The van der Waals surface area contributed by atoms with Crippen molar-refractivity contribution in [1.29, 1.82) is 0 Å². The van der Waals surface area contributed by atoms with E-state index in [9.17, 15) is 14.7 Å². The van der Waals surface area contributed by atoms with E-state index in [2.05, 4.69) is 65.2 Å². The Kier molecular flexibility index (Phi) is 9.00. The minimum Gasteiger partial charge on any atom is -0.480 e. The first-order valence-electron chi connectivity index (χ1n) is 15.9. The van der Waals surface area contributed by atoms with Gasteiger partial charge in [-0.15, -0.1) is 0 Å². The fraction of sp³-hybridized carbons (Fsp3) is 0.853. The number of carbonyl (C=O) groups is 2. The van der Waals surface area contributed by atoms with Crippen LogP contribution in [0.3, 0.4) is 0 Å². The Hall–Kier alpha value is -0.256. The summed E-state index contributed by atoms with van der Waals surface area (Å²) in [4.78, 5) is 25.7. The van der Waals surface area contributed by atoms with E-state index in [4.69, 9.17) is 0 Å². The summed E-state index contributed by atoms with van der Waals surface area (Å²) in [5.41, 5.74) is 1.99. The molecule has 40 heavy (non-hydrogen) atoms. The van der Waals surface area contributed by atoms with Crippen LogP contribution < -0.4 is 10.6 Å². The van der Waals surface area contributed by atoms with Crippen LogP contribution in [0, 0.1) is 63.1 Å². The predicted octanol–water partition coefficient (Wildman–Crippen LogP) is 6.63. The van der Waals surface area contributed by atoms with Crippen molar-refractivity contribution in [2.75, 3.05) is 13.6 Å². The summed E-state index contributed by atoms with van der Waals surface area (Å²) in [6.07, 6.45) is 14.2. The van der Waals surface area contributed by atoms with Crippen molar-refractivity contribution in [3.63, 3.8) is 0 Å². The molecule has 0 bridgehead atoms. The second-order valence-corrected chi connectivity index (χ2v) is 15.8. The molecule has 0 aromatic rings. The number of hydrogen-bond acceptors (Lipinski definition) is 3. The Balaban J connectivity index is 0.00000370. The van der Waals surface area contributed by atoms with E-state index in [0.717, 1.165) is 37.5 Å². The van der Waals surface area contributed by atoms with E-state index < -0.39 is 17.4 Å². The van der Waals surface area contributed by atoms with E-state index in [0.29, 0.717) is 28.6 Å². The number of fused-ring (bicyclic) bond motifs is 7. The zero-order valence-corrected chi connectivity index (χ0v) is 29.2. The second-order valence-electron chi connectivity index (χ2n) is 15.8. The van der Waals surface area contributed by atoms with Gasteiger partial charge in [-0.25, -0.2) is 0 Å². The number of allylic oxidation sites excluding steroid dienone is 1. The number of nitrogens with one attached hydrogen (secondary N) is 2. The van der Waals surface area contributed by atoms with Crippen LogP contribution in [0.15, 0.2) is 12.2 Å². The fourth-order valence-corrected chi connectivity index (χ4v) is 12.1. The third-order valence-corrected chi connectivity index (χ3v) is 14.1. The SMILES string of the molecule is C=C(C)C1CCC2(C(=O)NCC(NC)C(=O)O)CCC3(C)C(CCC4C5(C)CC[CH-]C(C)(C)C5CCC43C)C12.[Y]. The van der Waals surface area contributed by atoms with Crippen LogP contribution in [0.5, 0.6) is 0 Å². The van der Waals surface area contributed by atoms with Crippen molar-refractivity contribution >= 4 is 11.9 Å². The zero-order chi connectivity index (χ0) is 28.6. The molecule has 5 aliphatic carbocycles. The number of carboxylic acid groups (broad SMARTS) is 1. The molecule has 6 heteroatoms. The topological polar surface area (TPSA) is 78.4 Å². The van der Waals surface area contributed by atoms with Crippen LogP contribution in [0.4, 0.5) is 0 Å². The van der Waals surface area contributed by atoms with Crippen molar-refractivity contribution in [2.24, 2.45) is 56.7 Å². The van der Waals surface area contributed by atoms with Crippen molar-refractivity contribution in [2.45, 2.75) is 112 Å². The molecule has 223 valence electrons. The summed E-state index contributed by atoms with van der Waals surface area (Å²) in [5, 5.41) is 15.5. The van der Waals surface area contributed by atoms with Crippen molar-refractivity contribution in [3.05, 3.63) is 18.6 Å². The average molecular weight is 629 g/mol. The van der Waals surface area contributed by atoms with Gasteiger partial charge >= 0.3 is 5.97 Å². The molecule has 1 amide bonds. The number of likely N-dealkylation sites (N-methyl/N-ethyl adjacent to an activating group) is 1. The van der Waals surface area contributed by atoms with Gasteiger partial charge in [0.25, 0.3) is 0 Å². The molecule has 10 atom stereocenters. The van der Waals surface area contributed by atoms with E-state index in [-0.39, 0.29) is 56.0 Å². The minimum absolute atomic E-state index is 0. The average Bonchev–Trinajstić information content (AvgIpc) is 3.25. The summed E-state index contributed by atoms with van der Waals surface area (Å²) >= 11 is 0. The third-order valence-electron chi connectivity index (χ3n) is 14.1. The van der Waals surface area contributed by atoms with Crippen molar-refractivity contribution < 1.29 is 47.4 Å². The molecular weight excluding hydrogens is 573 g/mol. The van der Waals surface area contributed by atoms with Crippen molar-refractivity contribution in [3.8, 4) is 0 Å². The van der Waals surface area contributed by atoms with Gasteiger partial charge in [0.2, 0.25) is 5.91 Å². The molecule has 5 nitrogen and oxygen atoms in total. The maximum absolute atomic E-state index is 14.1. The first-order chi connectivity index (χ1) is 18.2. The van der Waals surface area contributed by atoms with Gasteiger partial charge in [-0.3, -0.25) is 9.59 Å². The number of rotatable bonds is 6. The van der Waals surface area contributed by atoms with E-state index in [1.165, 1.54) is 44.1 Å². The van der Waals surface area contributed by atoms with Crippen LogP contribution in [-0.2, 0) is 42.3 Å². The molecular formula is C34H55N2O3Y-. The molecule has 3 N–H and O–H groups in total. The van der Waals surface area contributed by atoms with Crippen LogP contribution in [-0.4, -0.2) is 36.6 Å². The van der Waals surface area contributed by atoms with Gasteiger partial charge in [0, 0.05) is 39.3 Å². The molecule has 0 spiro atoms. The van der Waals surface area contributed by atoms with Gasteiger partial charge in [0.05, 0.1) is 5.41 Å². The maximum Gasteiger partial charge on any atom is 0.322 e. The molecule has 0 aromatic carbocycles. The molecule has 0 heterocycles. The number of amides is 1. The summed E-state index contributed by atoms with van der Waals surface area (Å²) in [5.74, 6) is 1.83. The van der Waals surface area contributed by atoms with Crippen LogP contribution in [0.2, 0.25) is 0 Å². The third kappa shape index (κ3) is 4.56. The first kappa shape index (κ1) is 32.7. The number of carbonyl (C=O) groups excluding carboxylic acids is 1. The Morgan fingerprint density at radius 2 is 1.65 bits per heavy atom. The first-order valence-corrected chi connectivity index (χ1v) is 15.9. The molecule has 1 radical (unpaired) electrons. The van der Waals surface area contributed by atoms with E-state index in [1.54, 1.807) is 7.05 Å². The van der Waals surface area contributed by atoms with Gasteiger partial charge in [-0.05, 0) is 98.8 Å². The molecule has 0 aromatic heterocycles. The summed E-state index contributed by atoms with van der Waals surface area (Å²) in [7, 11) is 1.64. The van der Waals surface area contributed by atoms with E-state index in [1.807, 2.05) is 0 Å². The molecule has 0 aliphatic heterocycles. The Labute approximate surface area is 269 Å². The summed E-state index contributed by atoms with van der Waals surface area (Å²) in [6, 6.07) is -0.765. The number of aliphatic carboxylic acids is 1. The van der Waals surface area contributed by atoms with Gasteiger partial charge < -0.3 is 22.2 Å².